The van der Waals surface area contributed by atoms with Crippen molar-refractivity contribution in [1.29, 1.82) is 0 Å². The van der Waals surface area contributed by atoms with Gasteiger partial charge in [-0.25, -0.2) is 0 Å². The Morgan fingerprint density at radius 3 is 2.64 bits per heavy atom. The third-order valence-corrected chi connectivity index (χ3v) is 4.10. The Bertz CT molecular complexity index is 759. The number of nitrogens with two attached hydrogens (primary N) is 1. The van der Waals surface area contributed by atoms with E-state index in [4.69, 9.17) is 19.9 Å². The highest BCUT2D eigenvalue weighted by molar-refractivity contribution is 5.79. The molecule has 1 atom stereocenters. The van der Waals surface area contributed by atoms with E-state index in [1.54, 1.807) is 6.92 Å². The lowest BCUT2D eigenvalue weighted by atomic mass is 10.1. The van der Waals surface area contributed by atoms with Crippen molar-refractivity contribution in [3.05, 3.63) is 53.1 Å². The Kier molecular flexibility index (Phi) is 5.09. The molecule has 0 saturated carbocycles. The number of nitrogens with one attached hydrogen (secondary N) is 1. The number of carbonyl (C=O) groups is 1. The van der Waals surface area contributed by atoms with Crippen molar-refractivity contribution in [3.8, 4) is 17.2 Å². The fourth-order valence-electron chi connectivity index (χ4n) is 2.49. The van der Waals surface area contributed by atoms with Gasteiger partial charge in [0, 0.05) is 12.1 Å². The van der Waals surface area contributed by atoms with Crippen LogP contribution in [0.25, 0.3) is 0 Å². The standard InChI is InChI=1S/C19H22N2O4/c1-12-3-5-14(6-4-12)10-23-16-8-7-15(9-21-13(2)19(20)22)17-18(16)25-11-24-17/h3-8,13,21H,9-11H2,1-2H3,(H2,20,22)/t13-/m0/s1. The topological polar surface area (TPSA) is 82.8 Å². The van der Waals surface area contributed by atoms with E-state index in [-0.39, 0.29) is 6.79 Å². The van der Waals surface area contributed by atoms with E-state index >= 15 is 0 Å². The second-order valence-electron chi connectivity index (χ2n) is 6.07. The quantitative estimate of drug-likeness (QED) is 0.806. The minimum atomic E-state index is -0.421. The van der Waals surface area contributed by atoms with Gasteiger partial charge in [0.2, 0.25) is 18.4 Å². The molecule has 0 radical (unpaired) electrons. The van der Waals surface area contributed by atoms with Gasteiger partial charge in [-0.15, -0.1) is 0 Å². The van der Waals surface area contributed by atoms with Crippen molar-refractivity contribution in [3.63, 3.8) is 0 Å². The van der Waals surface area contributed by atoms with Gasteiger partial charge < -0.3 is 25.3 Å². The molecule has 0 aromatic heterocycles. The molecule has 0 unspecified atom stereocenters. The highest BCUT2D eigenvalue weighted by atomic mass is 16.7. The van der Waals surface area contributed by atoms with Gasteiger partial charge in [0.15, 0.2) is 11.5 Å². The Hall–Kier alpha value is -2.73. The first-order chi connectivity index (χ1) is 12.0. The SMILES string of the molecule is Cc1ccc(COc2ccc(CN[C@@H](C)C(N)=O)c3c2OCO3)cc1. The summed E-state index contributed by atoms with van der Waals surface area (Å²) in [5, 5.41) is 3.06. The van der Waals surface area contributed by atoms with E-state index in [0.29, 0.717) is 30.4 Å². The van der Waals surface area contributed by atoms with Crippen molar-refractivity contribution in [2.75, 3.05) is 6.79 Å². The van der Waals surface area contributed by atoms with Crippen LogP contribution < -0.4 is 25.3 Å². The molecular weight excluding hydrogens is 320 g/mol. The molecule has 1 aliphatic rings. The van der Waals surface area contributed by atoms with E-state index in [1.807, 2.05) is 24.3 Å². The van der Waals surface area contributed by atoms with Gasteiger partial charge in [-0.2, -0.15) is 0 Å². The molecule has 3 N–H and O–H groups in total. The van der Waals surface area contributed by atoms with Gasteiger partial charge >= 0.3 is 0 Å². The third-order valence-electron chi connectivity index (χ3n) is 4.10. The number of benzene rings is 2. The summed E-state index contributed by atoms with van der Waals surface area (Å²) in [4.78, 5) is 11.1. The number of hydrogen-bond donors (Lipinski definition) is 2. The van der Waals surface area contributed by atoms with Crippen LogP contribution in [0, 0.1) is 6.92 Å². The van der Waals surface area contributed by atoms with Gasteiger partial charge in [-0.05, 0) is 25.5 Å². The van der Waals surface area contributed by atoms with Crippen LogP contribution in [-0.2, 0) is 17.9 Å². The second-order valence-corrected chi connectivity index (χ2v) is 6.07. The van der Waals surface area contributed by atoms with Gasteiger partial charge in [0.05, 0.1) is 6.04 Å². The van der Waals surface area contributed by atoms with E-state index in [0.717, 1.165) is 11.1 Å². The molecular formula is C19H22N2O4. The van der Waals surface area contributed by atoms with E-state index < -0.39 is 11.9 Å². The molecule has 2 aromatic rings. The molecule has 6 nitrogen and oxygen atoms in total. The van der Waals surface area contributed by atoms with Crippen LogP contribution in [0.2, 0.25) is 0 Å². The van der Waals surface area contributed by atoms with E-state index in [1.165, 1.54) is 5.56 Å². The number of fused-ring (bicyclic) bond motifs is 1. The Balaban J connectivity index is 1.70. The molecule has 0 saturated heterocycles. The van der Waals surface area contributed by atoms with Gasteiger partial charge in [0.25, 0.3) is 0 Å². The highest BCUT2D eigenvalue weighted by Gasteiger charge is 2.23. The van der Waals surface area contributed by atoms with Crippen molar-refractivity contribution in [2.45, 2.75) is 33.0 Å². The number of aryl methyl sites for hydroxylation is 1. The zero-order valence-electron chi connectivity index (χ0n) is 14.4. The zero-order valence-corrected chi connectivity index (χ0v) is 14.4. The van der Waals surface area contributed by atoms with Crippen molar-refractivity contribution in [2.24, 2.45) is 5.73 Å². The third kappa shape index (κ3) is 4.03. The molecule has 1 amide bonds. The molecule has 132 valence electrons. The summed E-state index contributed by atoms with van der Waals surface area (Å²) in [6, 6.07) is 11.5. The van der Waals surface area contributed by atoms with Crippen LogP contribution in [0.15, 0.2) is 36.4 Å². The molecule has 1 aliphatic heterocycles. The molecule has 0 fully saturated rings. The molecule has 1 heterocycles. The normalized spacial score (nSPS) is 13.5. The summed E-state index contributed by atoms with van der Waals surface area (Å²) in [7, 11) is 0. The maximum Gasteiger partial charge on any atom is 0.234 e. The maximum atomic E-state index is 11.1. The molecule has 0 spiro atoms. The molecule has 2 aromatic carbocycles. The number of amides is 1. The summed E-state index contributed by atoms with van der Waals surface area (Å²) in [6.07, 6.45) is 0. The van der Waals surface area contributed by atoms with Crippen molar-refractivity contribution < 1.29 is 19.0 Å². The fourth-order valence-corrected chi connectivity index (χ4v) is 2.49. The second kappa shape index (κ2) is 7.44. The van der Waals surface area contributed by atoms with E-state index in [2.05, 4.69) is 24.4 Å². The number of hydrogen-bond acceptors (Lipinski definition) is 5. The van der Waals surface area contributed by atoms with Crippen LogP contribution in [0.1, 0.15) is 23.6 Å². The van der Waals surface area contributed by atoms with Crippen molar-refractivity contribution >= 4 is 5.91 Å². The van der Waals surface area contributed by atoms with Crippen LogP contribution in [0.3, 0.4) is 0 Å². The predicted octanol–water partition coefficient (Wildman–Crippen LogP) is 2.27. The smallest absolute Gasteiger partial charge is 0.234 e. The zero-order chi connectivity index (χ0) is 17.8. The number of carbonyl (C=O) groups excluding carboxylic acids is 1. The molecule has 25 heavy (non-hydrogen) atoms. The molecule has 0 bridgehead atoms. The molecule has 0 aliphatic carbocycles. The van der Waals surface area contributed by atoms with Gasteiger partial charge in [-0.3, -0.25) is 4.79 Å². The average molecular weight is 342 g/mol. The van der Waals surface area contributed by atoms with Crippen LogP contribution in [-0.4, -0.2) is 18.7 Å². The summed E-state index contributed by atoms with van der Waals surface area (Å²) < 4.78 is 17.0. The summed E-state index contributed by atoms with van der Waals surface area (Å²) in [5.74, 6) is 1.48. The van der Waals surface area contributed by atoms with E-state index in [9.17, 15) is 4.79 Å². The lowest BCUT2D eigenvalue weighted by Crippen LogP contribution is -2.38. The fraction of sp³-hybridized carbons (Fsp3) is 0.316. The highest BCUT2D eigenvalue weighted by Crippen LogP contribution is 2.43. The Labute approximate surface area is 146 Å². The van der Waals surface area contributed by atoms with Gasteiger partial charge in [-0.1, -0.05) is 35.9 Å². The first-order valence-corrected chi connectivity index (χ1v) is 8.17. The maximum absolute atomic E-state index is 11.1. The lowest BCUT2D eigenvalue weighted by molar-refractivity contribution is -0.119. The molecule has 6 heteroatoms. The van der Waals surface area contributed by atoms with Crippen molar-refractivity contribution in [1.82, 2.24) is 5.32 Å². The molecule has 3 rings (SSSR count). The Morgan fingerprint density at radius 1 is 1.20 bits per heavy atom. The number of primary amides is 1. The largest absolute Gasteiger partial charge is 0.485 e. The minimum absolute atomic E-state index is 0.151. The van der Waals surface area contributed by atoms with Crippen LogP contribution in [0.4, 0.5) is 0 Å². The first kappa shape index (κ1) is 17.1. The monoisotopic (exact) mass is 342 g/mol. The summed E-state index contributed by atoms with van der Waals surface area (Å²) >= 11 is 0. The average Bonchev–Trinajstić information content (AvgIpc) is 3.09. The minimum Gasteiger partial charge on any atom is -0.485 e. The lowest BCUT2D eigenvalue weighted by Gasteiger charge is -2.14. The van der Waals surface area contributed by atoms with Gasteiger partial charge in [0.1, 0.15) is 6.61 Å². The van der Waals surface area contributed by atoms with Crippen LogP contribution >= 0.6 is 0 Å². The first-order valence-electron chi connectivity index (χ1n) is 8.17. The summed E-state index contributed by atoms with van der Waals surface area (Å²) in [5.41, 5.74) is 8.45. The Morgan fingerprint density at radius 2 is 1.92 bits per heavy atom. The number of ether oxygens (including phenoxy) is 3. The summed E-state index contributed by atoms with van der Waals surface area (Å²) in [6.45, 7) is 4.83. The number of rotatable bonds is 7. The van der Waals surface area contributed by atoms with Crippen LogP contribution in [0.5, 0.6) is 17.2 Å². The predicted molar refractivity (Wildman–Crippen MR) is 93.6 cm³/mol.